The van der Waals surface area contributed by atoms with Crippen LogP contribution in [-0.4, -0.2) is 19.1 Å². The van der Waals surface area contributed by atoms with E-state index in [1.54, 1.807) is 0 Å². The van der Waals surface area contributed by atoms with Gasteiger partial charge < -0.3 is 10.6 Å². The lowest BCUT2D eigenvalue weighted by molar-refractivity contribution is -0.137. The van der Waals surface area contributed by atoms with Crippen molar-refractivity contribution in [3.63, 3.8) is 0 Å². The van der Waals surface area contributed by atoms with Crippen molar-refractivity contribution in [2.24, 2.45) is 0 Å². The normalized spacial score (nSPS) is 20.1. The molecule has 1 heterocycles. The van der Waals surface area contributed by atoms with Crippen LogP contribution in [0.2, 0.25) is 0 Å². The number of nitrogens with one attached hydrogen (secondary N) is 2. The van der Waals surface area contributed by atoms with Crippen molar-refractivity contribution in [3.05, 3.63) is 28.2 Å². The predicted octanol–water partition coefficient (Wildman–Crippen LogP) is 3.63. The highest BCUT2D eigenvalue weighted by Crippen LogP contribution is 2.36. The molecule has 0 radical (unpaired) electrons. The highest BCUT2D eigenvalue weighted by Gasteiger charge is 2.33. The Morgan fingerprint density at radius 2 is 2.17 bits per heavy atom. The van der Waals surface area contributed by atoms with E-state index in [0.717, 1.165) is 25.5 Å². The van der Waals surface area contributed by atoms with Crippen molar-refractivity contribution in [3.8, 4) is 0 Å². The third-order valence-corrected chi connectivity index (χ3v) is 3.48. The Morgan fingerprint density at radius 1 is 1.39 bits per heavy atom. The van der Waals surface area contributed by atoms with Crippen molar-refractivity contribution in [2.45, 2.75) is 25.1 Å². The number of anilines is 1. The highest BCUT2D eigenvalue weighted by atomic mass is 79.9. The zero-order valence-electron chi connectivity index (χ0n) is 9.65. The molecule has 0 spiro atoms. The summed E-state index contributed by atoms with van der Waals surface area (Å²) in [6.45, 7) is 1.45. The summed E-state index contributed by atoms with van der Waals surface area (Å²) in [4.78, 5) is 0. The SMILES string of the molecule is FC(F)(F)c1ccc(Br)cc1NCC1CCCN1. The zero-order chi connectivity index (χ0) is 13.2. The van der Waals surface area contributed by atoms with E-state index in [1.807, 2.05) is 0 Å². The number of hydrogen-bond acceptors (Lipinski definition) is 2. The molecule has 1 saturated heterocycles. The second-order valence-corrected chi connectivity index (χ2v) is 5.28. The van der Waals surface area contributed by atoms with Gasteiger partial charge in [-0.1, -0.05) is 15.9 Å². The summed E-state index contributed by atoms with van der Waals surface area (Å²) in [7, 11) is 0. The number of rotatable bonds is 3. The molecule has 1 aliphatic rings. The van der Waals surface area contributed by atoms with Crippen LogP contribution in [0, 0.1) is 0 Å². The van der Waals surface area contributed by atoms with Gasteiger partial charge in [-0.3, -0.25) is 0 Å². The van der Waals surface area contributed by atoms with E-state index in [-0.39, 0.29) is 11.7 Å². The molecular formula is C12H14BrF3N2. The van der Waals surface area contributed by atoms with Crippen molar-refractivity contribution in [1.82, 2.24) is 5.32 Å². The molecule has 0 aromatic heterocycles. The van der Waals surface area contributed by atoms with Crippen LogP contribution >= 0.6 is 15.9 Å². The molecule has 6 heteroatoms. The lowest BCUT2D eigenvalue weighted by Gasteiger charge is -2.17. The fraction of sp³-hybridized carbons (Fsp3) is 0.500. The number of halogens is 4. The van der Waals surface area contributed by atoms with Gasteiger partial charge in [0.25, 0.3) is 0 Å². The molecule has 1 unspecified atom stereocenters. The van der Waals surface area contributed by atoms with Gasteiger partial charge in [0.2, 0.25) is 0 Å². The van der Waals surface area contributed by atoms with Crippen LogP contribution in [0.5, 0.6) is 0 Å². The quantitative estimate of drug-likeness (QED) is 0.888. The van der Waals surface area contributed by atoms with E-state index < -0.39 is 11.7 Å². The molecular weight excluding hydrogens is 309 g/mol. The second-order valence-electron chi connectivity index (χ2n) is 4.36. The molecule has 0 aliphatic carbocycles. The van der Waals surface area contributed by atoms with Gasteiger partial charge in [-0.05, 0) is 37.6 Å². The van der Waals surface area contributed by atoms with Crippen molar-refractivity contribution in [2.75, 3.05) is 18.4 Å². The summed E-state index contributed by atoms with van der Waals surface area (Å²) < 4.78 is 39.1. The van der Waals surface area contributed by atoms with Gasteiger partial charge in [0.05, 0.1) is 5.56 Å². The van der Waals surface area contributed by atoms with Crippen LogP contribution < -0.4 is 10.6 Å². The topological polar surface area (TPSA) is 24.1 Å². The first kappa shape index (κ1) is 13.7. The highest BCUT2D eigenvalue weighted by molar-refractivity contribution is 9.10. The molecule has 1 aromatic carbocycles. The molecule has 18 heavy (non-hydrogen) atoms. The average molecular weight is 323 g/mol. The standard InChI is InChI=1S/C12H14BrF3N2/c13-8-3-4-10(12(14,15)16)11(6-8)18-7-9-2-1-5-17-9/h3-4,6,9,17-18H,1-2,5,7H2. The molecule has 1 fully saturated rings. The van der Waals surface area contributed by atoms with Crippen LogP contribution in [0.25, 0.3) is 0 Å². The molecule has 0 bridgehead atoms. The van der Waals surface area contributed by atoms with E-state index in [0.29, 0.717) is 11.0 Å². The monoisotopic (exact) mass is 322 g/mol. The molecule has 100 valence electrons. The number of benzene rings is 1. The Labute approximate surface area is 112 Å². The maximum absolute atomic E-state index is 12.8. The van der Waals surface area contributed by atoms with Crippen molar-refractivity contribution >= 4 is 21.6 Å². The average Bonchev–Trinajstić information content (AvgIpc) is 2.77. The summed E-state index contributed by atoms with van der Waals surface area (Å²) in [6.07, 6.45) is -2.24. The lowest BCUT2D eigenvalue weighted by Crippen LogP contribution is -2.29. The van der Waals surface area contributed by atoms with Crippen LogP contribution in [0.1, 0.15) is 18.4 Å². The van der Waals surface area contributed by atoms with E-state index in [1.165, 1.54) is 12.1 Å². The van der Waals surface area contributed by atoms with Gasteiger partial charge in [0, 0.05) is 22.7 Å². The number of alkyl halides is 3. The first-order valence-electron chi connectivity index (χ1n) is 5.81. The molecule has 1 aliphatic heterocycles. The van der Waals surface area contributed by atoms with E-state index in [2.05, 4.69) is 26.6 Å². The first-order chi connectivity index (χ1) is 8.47. The fourth-order valence-electron chi connectivity index (χ4n) is 2.07. The molecule has 2 N–H and O–H groups in total. The van der Waals surface area contributed by atoms with E-state index >= 15 is 0 Å². The van der Waals surface area contributed by atoms with E-state index in [9.17, 15) is 13.2 Å². The van der Waals surface area contributed by atoms with Crippen LogP contribution in [0.3, 0.4) is 0 Å². The maximum Gasteiger partial charge on any atom is 0.418 e. The van der Waals surface area contributed by atoms with Gasteiger partial charge in [0.15, 0.2) is 0 Å². The molecule has 1 aromatic rings. The first-order valence-corrected chi connectivity index (χ1v) is 6.60. The van der Waals surface area contributed by atoms with Crippen molar-refractivity contribution in [1.29, 1.82) is 0 Å². The third kappa shape index (κ3) is 3.38. The van der Waals surface area contributed by atoms with Gasteiger partial charge >= 0.3 is 6.18 Å². The van der Waals surface area contributed by atoms with Gasteiger partial charge in [-0.25, -0.2) is 0 Å². The zero-order valence-corrected chi connectivity index (χ0v) is 11.2. The molecule has 2 rings (SSSR count). The Kier molecular flexibility index (Phi) is 4.17. The maximum atomic E-state index is 12.8. The van der Waals surface area contributed by atoms with Gasteiger partial charge in [0.1, 0.15) is 0 Å². The Morgan fingerprint density at radius 3 is 2.78 bits per heavy atom. The molecule has 2 nitrogen and oxygen atoms in total. The molecule has 0 saturated carbocycles. The molecule has 1 atom stereocenters. The largest absolute Gasteiger partial charge is 0.418 e. The summed E-state index contributed by atoms with van der Waals surface area (Å²) in [5.41, 5.74) is -0.491. The minimum absolute atomic E-state index is 0.130. The lowest BCUT2D eigenvalue weighted by atomic mass is 10.1. The van der Waals surface area contributed by atoms with Gasteiger partial charge in [-0.15, -0.1) is 0 Å². The predicted molar refractivity (Wildman–Crippen MR) is 68.7 cm³/mol. The number of hydrogen-bond donors (Lipinski definition) is 2. The summed E-state index contributed by atoms with van der Waals surface area (Å²) >= 11 is 3.19. The minimum atomic E-state index is -4.33. The molecule has 0 amide bonds. The second kappa shape index (κ2) is 5.48. The summed E-state index contributed by atoms with van der Waals surface area (Å²) in [6, 6.07) is 4.22. The van der Waals surface area contributed by atoms with Gasteiger partial charge in [-0.2, -0.15) is 13.2 Å². The summed E-state index contributed by atoms with van der Waals surface area (Å²) in [5.74, 6) is 0. The Balaban J connectivity index is 2.12. The van der Waals surface area contributed by atoms with Crippen LogP contribution in [0.4, 0.5) is 18.9 Å². The Hall–Kier alpha value is -0.750. The van der Waals surface area contributed by atoms with Crippen molar-refractivity contribution < 1.29 is 13.2 Å². The van der Waals surface area contributed by atoms with Crippen LogP contribution in [-0.2, 0) is 6.18 Å². The Bertz CT molecular complexity index is 414. The third-order valence-electron chi connectivity index (χ3n) is 2.99. The fourth-order valence-corrected chi connectivity index (χ4v) is 2.44. The summed E-state index contributed by atoms with van der Waals surface area (Å²) in [5, 5.41) is 6.13. The minimum Gasteiger partial charge on any atom is -0.383 e. The van der Waals surface area contributed by atoms with Crippen LogP contribution in [0.15, 0.2) is 22.7 Å². The smallest absolute Gasteiger partial charge is 0.383 e. The van der Waals surface area contributed by atoms with E-state index in [4.69, 9.17) is 0 Å².